The average molecular weight is 466 g/mol. The maximum absolute atomic E-state index is 13.3. The molecule has 1 aliphatic carbocycles. The summed E-state index contributed by atoms with van der Waals surface area (Å²) in [5.74, 6) is -1.02. The zero-order chi connectivity index (χ0) is 24.4. The van der Waals surface area contributed by atoms with Gasteiger partial charge in [-0.05, 0) is 57.0 Å². The van der Waals surface area contributed by atoms with Crippen molar-refractivity contribution in [2.45, 2.75) is 50.5 Å². The van der Waals surface area contributed by atoms with Crippen molar-refractivity contribution >= 4 is 11.8 Å². The fraction of sp³-hybridized carbons (Fsp3) is 0.409. The van der Waals surface area contributed by atoms with Gasteiger partial charge in [0.2, 0.25) is 11.8 Å². The van der Waals surface area contributed by atoms with Crippen LogP contribution in [-0.2, 0) is 22.3 Å². The number of hydrogen-bond donors (Lipinski definition) is 3. The summed E-state index contributed by atoms with van der Waals surface area (Å²) in [6.07, 6.45) is -2.36. The molecule has 0 radical (unpaired) electrons. The fourth-order valence-electron chi connectivity index (χ4n) is 2.90. The number of pyridine rings is 1. The van der Waals surface area contributed by atoms with Gasteiger partial charge < -0.3 is 25.8 Å². The number of aromatic nitrogens is 1. The summed E-state index contributed by atoms with van der Waals surface area (Å²) in [5.41, 5.74) is 3.17. The van der Waals surface area contributed by atoms with Crippen LogP contribution in [0.2, 0.25) is 0 Å². The molecule has 1 aliphatic rings. The second-order valence-corrected chi connectivity index (χ2v) is 8.39. The SMILES string of the molecule is COc1ccc(Oc2ccc(CNC(=O)C3(NC(=O)C(C)(C)N)CC3)nc2)c(C(F)(F)F)c1. The second kappa shape index (κ2) is 8.89. The lowest BCUT2D eigenvalue weighted by molar-refractivity contribution is -0.138. The minimum Gasteiger partial charge on any atom is -0.497 e. The van der Waals surface area contributed by atoms with E-state index in [1.54, 1.807) is 13.8 Å². The molecule has 178 valence electrons. The average Bonchev–Trinajstić information content (AvgIpc) is 3.52. The van der Waals surface area contributed by atoms with Crippen molar-refractivity contribution in [1.29, 1.82) is 0 Å². The van der Waals surface area contributed by atoms with E-state index in [9.17, 15) is 22.8 Å². The van der Waals surface area contributed by atoms with E-state index >= 15 is 0 Å². The minimum atomic E-state index is -4.63. The van der Waals surface area contributed by atoms with Gasteiger partial charge in [-0.1, -0.05) is 0 Å². The Hall–Kier alpha value is -3.34. The summed E-state index contributed by atoms with van der Waals surface area (Å²) in [7, 11) is 1.27. The molecule has 0 atom stereocenters. The molecule has 33 heavy (non-hydrogen) atoms. The van der Waals surface area contributed by atoms with Crippen LogP contribution in [0.1, 0.15) is 37.9 Å². The molecule has 2 aromatic rings. The summed E-state index contributed by atoms with van der Waals surface area (Å²) in [6, 6.07) is 6.35. The molecule has 8 nitrogen and oxygen atoms in total. The van der Waals surface area contributed by atoms with Gasteiger partial charge in [-0.25, -0.2) is 0 Å². The molecule has 0 unspecified atom stereocenters. The van der Waals surface area contributed by atoms with E-state index in [1.165, 1.54) is 37.6 Å². The van der Waals surface area contributed by atoms with Crippen LogP contribution in [-0.4, -0.2) is 35.0 Å². The van der Waals surface area contributed by atoms with Crippen LogP contribution in [0.3, 0.4) is 0 Å². The lowest BCUT2D eigenvalue weighted by atomic mass is 10.1. The molecule has 2 amide bonds. The molecule has 1 saturated carbocycles. The van der Waals surface area contributed by atoms with Gasteiger partial charge in [-0.15, -0.1) is 0 Å². The van der Waals surface area contributed by atoms with Crippen molar-refractivity contribution in [3.8, 4) is 17.2 Å². The van der Waals surface area contributed by atoms with Crippen LogP contribution in [0.4, 0.5) is 13.2 Å². The first-order valence-electron chi connectivity index (χ1n) is 10.1. The third kappa shape index (κ3) is 5.92. The van der Waals surface area contributed by atoms with Crippen molar-refractivity contribution in [3.05, 3.63) is 47.8 Å². The Labute approximate surface area is 188 Å². The Morgan fingerprint density at radius 3 is 2.33 bits per heavy atom. The first-order valence-corrected chi connectivity index (χ1v) is 10.1. The van der Waals surface area contributed by atoms with Crippen molar-refractivity contribution < 1.29 is 32.2 Å². The summed E-state index contributed by atoms with van der Waals surface area (Å²) in [6.45, 7) is 3.17. The second-order valence-electron chi connectivity index (χ2n) is 8.39. The van der Waals surface area contributed by atoms with E-state index < -0.39 is 28.7 Å². The van der Waals surface area contributed by atoms with Crippen LogP contribution < -0.4 is 25.8 Å². The minimum absolute atomic E-state index is 0.0542. The largest absolute Gasteiger partial charge is 0.497 e. The molecule has 0 saturated heterocycles. The predicted octanol–water partition coefficient (Wildman–Crippen LogP) is 2.90. The maximum Gasteiger partial charge on any atom is 0.420 e. The van der Waals surface area contributed by atoms with Gasteiger partial charge >= 0.3 is 6.18 Å². The first-order chi connectivity index (χ1) is 15.3. The number of hydrogen-bond acceptors (Lipinski definition) is 6. The van der Waals surface area contributed by atoms with Crippen LogP contribution in [0.5, 0.6) is 17.2 Å². The van der Waals surface area contributed by atoms with Crippen molar-refractivity contribution in [3.63, 3.8) is 0 Å². The van der Waals surface area contributed by atoms with Crippen molar-refractivity contribution in [2.24, 2.45) is 5.73 Å². The van der Waals surface area contributed by atoms with Gasteiger partial charge in [0.1, 0.15) is 28.4 Å². The predicted molar refractivity (Wildman–Crippen MR) is 113 cm³/mol. The fourth-order valence-corrected chi connectivity index (χ4v) is 2.90. The lowest BCUT2D eigenvalue weighted by Crippen LogP contribution is -2.57. The zero-order valence-corrected chi connectivity index (χ0v) is 18.4. The number of carbonyl (C=O) groups excluding carboxylic acids is 2. The van der Waals surface area contributed by atoms with Gasteiger partial charge in [-0.3, -0.25) is 14.6 Å². The number of rotatable bonds is 8. The third-order valence-electron chi connectivity index (χ3n) is 5.07. The topological polar surface area (TPSA) is 116 Å². The summed E-state index contributed by atoms with van der Waals surface area (Å²) < 4.78 is 50.2. The number of amides is 2. The molecule has 4 N–H and O–H groups in total. The summed E-state index contributed by atoms with van der Waals surface area (Å²) in [5, 5.41) is 5.40. The maximum atomic E-state index is 13.3. The number of benzene rings is 1. The Morgan fingerprint density at radius 2 is 1.82 bits per heavy atom. The van der Waals surface area contributed by atoms with E-state index in [1.807, 2.05) is 0 Å². The standard InChI is InChI=1S/C22H25F3N4O4/c1-20(2,26)18(30)29-21(8-9-21)19(31)28-11-13-4-5-15(12-27-13)33-17-7-6-14(32-3)10-16(17)22(23,24)25/h4-7,10,12H,8-9,11,26H2,1-3H3,(H,28,31)(H,29,30). The number of methoxy groups -OCH3 is 1. The highest BCUT2D eigenvalue weighted by atomic mass is 19.4. The number of nitrogens with zero attached hydrogens (tertiary/aromatic N) is 1. The Balaban J connectivity index is 1.62. The van der Waals surface area contributed by atoms with Gasteiger partial charge in [0.15, 0.2) is 0 Å². The van der Waals surface area contributed by atoms with Gasteiger partial charge in [0.05, 0.1) is 31.1 Å². The first kappa shape index (κ1) is 24.3. The molecule has 1 aromatic heterocycles. The highest BCUT2D eigenvalue weighted by molar-refractivity contribution is 5.96. The lowest BCUT2D eigenvalue weighted by Gasteiger charge is -2.23. The normalized spacial score (nSPS) is 14.9. The molecule has 1 aromatic carbocycles. The molecule has 11 heteroatoms. The Kier molecular flexibility index (Phi) is 6.55. The highest BCUT2D eigenvalue weighted by Gasteiger charge is 2.52. The Bertz CT molecular complexity index is 1030. The molecule has 3 rings (SSSR count). The van der Waals surface area contributed by atoms with Crippen molar-refractivity contribution in [1.82, 2.24) is 15.6 Å². The molecule has 0 spiro atoms. The van der Waals surface area contributed by atoms with Crippen LogP contribution >= 0.6 is 0 Å². The van der Waals surface area contributed by atoms with E-state index in [-0.39, 0.29) is 29.7 Å². The van der Waals surface area contributed by atoms with Gasteiger partial charge in [0.25, 0.3) is 0 Å². The third-order valence-corrected chi connectivity index (χ3v) is 5.07. The number of ether oxygens (including phenoxy) is 2. The number of nitrogens with one attached hydrogen (secondary N) is 2. The molecule has 0 bridgehead atoms. The molecular formula is C22H25F3N4O4. The Morgan fingerprint density at radius 1 is 1.15 bits per heavy atom. The van der Waals surface area contributed by atoms with E-state index in [2.05, 4.69) is 15.6 Å². The van der Waals surface area contributed by atoms with Crippen LogP contribution in [0.25, 0.3) is 0 Å². The molecular weight excluding hydrogens is 441 g/mol. The molecule has 1 fully saturated rings. The molecule has 0 aliphatic heterocycles. The molecule has 1 heterocycles. The van der Waals surface area contributed by atoms with E-state index in [0.29, 0.717) is 18.5 Å². The van der Waals surface area contributed by atoms with Gasteiger partial charge in [0, 0.05) is 0 Å². The quantitative estimate of drug-likeness (QED) is 0.551. The number of nitrogens with two attached hydrogens (primary N) is 1. The number of carbonyl (C=O) groups is 2. The monoisotopic (exact) mass is 466 g/mol. The smallest absolute Gasteiger partial charge is 0.420 e. The van der Waals surface area contributed by atoms with E-state index in [4.69, 9.17) is 15.2 Å². The van der Waals surface area contributed by atoms with Crippen molar-refractivity contribution in [2.75, 3.05) is 7.11 Å². The zero-order valence-electron chi connectivity index (χ0n) is 18.4. The van der Waals surface area contributed by atoms with Gasteiger partial charge in [-0.2, -0.15) is 13.2 Å². The van der Waals surface area contributed by atoms with Crippen LogP contribution in [0.15, 0.2) is 36.5 Å². The summed E-state index contributed by atoms with van der Waals surface area (Å²) >= 11 is 0. The highest BCUT2D eigenvalue weighted by Crippen LogP contribution is 2.40. The van der Waals surface area contributed by atoms with E-state index in [0.717, 1.165) is 6.07 Å². The van der Waals surface area contributed by atoms with Crippen LogP contribution in [0, 0.1) is 0 Å². The number of halogens is 3. The number of alkyl halides is 3. The summed E-state index contributed by atoms with van der Waals surface area (Å²) in [4.78, 5) is 28.7.